The third-order valence-corrected chi connectivity index (χ3v) is 5.63. The summed E-state index contributed by atoms with van der Waals surface area (Å²) >= 11 is 8.17. The molecule has 0 radical (unpaired) electrons. The third-order valence-electron chi connectivity index (χ3n) is 2.39. The summed E-state index contributed by atoms with van der Waals surface area (Å²) < 4.78 is 13.4. The smallest absolute Gasteiger partial charge is 0.506 e. The minimum Gasteiger partial charge on any atom is -0.506 e. The van der Waals surface area contributed by atoms with E-state index < -0.39 is 6.16 Å². The molecule has 0 atom stereocenters. The molecule has 0 saturated heterocycles. The van der Waals surface area contributed by atoms with Crippen molar-refractivity contribution in [3.8, 4) is 23.0 Å². The van der Waals surface area contributed by atoms with E-state index >= 15 is 0 Å². The minimum absolute atomic E-state index is 0.225. The SMILES string of the molecule is O=C(O)Oc1cc(I)c(Oc2cc(I)c(O)c(I)c2)c(I)c1. The third kappa shape index (κ3) is 4.62. The molecule has 0 aliphatic carbocycles. The first-order valence-electron chi connectivity index (χ1n) is 5.53. The largest absolute Gasteiger partial charge is 0.511 e. The maximum absolute atomic E-state index is 10.6. The van der Waals surface area contributed by atoms with Crippen molar-refractivity contribution in [3.63, 3.8) is 0 Å². The summed E-state index contributed by atoms with van der Waals surface area (Å²) in [5, 5.41) is 18.4. The molecule has 0 bridgehead atoms. The molecule has 2 aromatic carbocycles. The van der Waals surface area contributed by atoms with Crippen LogP contribution >= 0.6 is 90.4 Å². The monoisotopic (exact) mass is 750 g/mol. The van der Waals surface area contributed by atoms with Gasteiger partial charge in [-0.25, -0.2) is 4.79 Å². The van der Waals surface area contributed by atoms with Gasteiger partial charge in [0.2, 0.25) is 0 Å². The van der Waals surface area contributed by atoms with Crippen LogP contribution in [-0.2, 0) is 0 Å². The Morgan fingerprint density at radius 3 is 1.77 bits per heavy atom. The Labute approximate surface area is 180 Å². The van der Waals surface area contributed by atoms with E-state index in [-0.39, 0.29) is 11.5 Å². The topological polar surface area (TPSA) is 76.0 Å². The second kappa shape index (κ2) is 7.87. The zero-order chi connectivity index (χ0) is 16.4. The van der Waals surface area contributed by atoms with Gasteiger partial charge >= 0.3 is 6.16 Å². The fraction of sp³-hybridized carbons (Fsp3) is 0. The zero-order valence-corrected chi connectivity index (χ0v) is 19.1. The zero-order valence-electron chi connectivity index (χ0n) is 10.4. The maximum Gasteiger partial charge on any atom is 0.511 e. The average molecular weight is 750 g/mol. The quantitative estimate of drug-likeness (QED) is 0.241. The van der Waals surface area contributed by atoms with Crippen molar-refractivity contribution in [2.24, 2.45) is 0 Å². The highest BCUT2D eigenvalue weighted by molar-refractivity contribution is 14.1. The molecule has 9 heteroatoms. The molecule has 22 heavy (non-hydrogen) atoms. The Hall–Kier alpha value is 0.230. The Bertz CT molecular complexity index is 701. The highest BCUT2D eigenvalue weighted by Gasteiger charge is 2.14. The van der Waals surface area contributed by atoms with Gasteiger partial charge in [-0.2, -0.15) is 0 Å². The summed E-state index contributed by atoms with van der Waals surface area (Å²) in [6.07, 6.45) is -1.36. The minimum atomic E-state index is -1.36. The van der Waals surface area contributed by atoms with Gasteiger partial charge in [0.1, 0.15) is 17.2 Å². The van der Waals surface area contributed by atoms with E-state index in [0.29, 0.717) is 18.6 Å². The van der Waals surface area contributed by atoms with Gasteiger partial charge in [0.15, 0.2) is 5.75 Å². The van der Waals surface area contributed by atoms with Crippen LogP contribution in [0.3, 0.4) is 0 Å². The van der Waals surface area contributed by atoms with Gasteiger partial charge in [0.25, 0.3) is 0 Å². The number of ether oxygens (including phenoxy) is 2. The van der Waals surface area contributed by atoms with Crippen LogP contribution in [0.1, 0.15) is 0 Å². The van der Waals surface area contributed by atoms with Crippen molar-refractivity contribution in [2.45, 2.75) is 0 Å². The van der Waals surface area contributed by atoms with Gasteiger partial charge in [-0.05, 0) is 115 Å². The van der Waals surface area contributed by atoms with Gasteiger partial charge in [0.05, 0.1) is 14.3 Å². The normalized spacial score (nSPS) is 10.4. The molecule has 0 saturated carbocycles. The highest BCUT2D eigenvalue weighted by Crippen LogP contribution is 2.37. The fourth-order valence-corrected chi connectivity index (χ4v) is 5.16. The lowest BCUT2D eigenvalue weighted by Gasteiger charge is -2.13. The molecule has 0 aliphatic rings. The molecule has 0 aromatic heterocycles. The summed E-state index contributed by atoms with van der Waals surface area (Å²) in [5.74, 6) is 1.66. The van der Waals surface area contributed by atoms with E-state index in [9.17, 15) is 9.90 Å². The van der Waals surface area contributed by atoms with Crippen LogP contribution in [0.4, 0.5) is 4.79 Å². The Morgan fingerprint density at radius 1 is 0.864 bits per heavy atom. The second-order valence-electron chi connectivity index (χ2n) is 3.92. The van der Waals surface area contributed by atoms with E-state index in [1.807, 2.05) is 45.2 Å². The van der Waals surface area contributed by atoms with Gasteiger partial charge in [-0.1, -0.05) is 0 Å². The summed E-state index contributed by atoms with van der Waals surface area (Å²) in [7, 11) is 0. The lowest BCUT2D eigenvalue weighted by atomic mass is 10.3. The lowest BCUT2D eigenvalue weighted by molar-refractivity contribution is 0.144. The van der Waals surface area contributed by atoms with Crippen molar-refractivity contribution in [1.82, 2.24) is 0 Å². The fourth-order valence-electron chi connectivity index (χ4n) is 1.51. The molecular formula is C13H6I4O5. The van der Waals surface area contributed by atoms with Gasteiger partial charge in [-0.3, -0.25) is 0 Å². The predicted molar refractivity (Wildman–Crippen MR) is 114 cm³/mol. The molecule has 116 valence electrons. The first-order valence-corrected chi connectivity index (χ1v) is 9.85. The molecule has 0 aliphatic heterocycles. The number of benzene rings is 2. The van der Waals surface area contributed by atoms with Crippen molar-refractivity contribution in [3.05, 3.63) is 38.5 Å². The number of rotatable bonds is 3. The Balaban J connectivity index is 2.36. The van der Waals surface area contributed by atoms with E-state index in [1.165, 1.54) is 0 Å². The number of phenols is 1. The van der Waals surface area contributed by atoms with Crippen LogP contribution in [0.2, 0.25) is 0 Å². The van der Waals surface area contributed by atoms with Crippen LogP contribution in [0, 0.1) is 14.3 Å². The number of phenolic OH excluding ortho intramolecular Hbond substituents is 1. The lowest BCUT2D eigenvalue weighted by Crippen LogP contribution is -2.04. The van der Waals surface area contributed by atoms with Crippen LogP contribution in [0.25, 0.3) is 0 Å². The second-order valence-corrected chi connectivity index (χ2v) is 8.57. The average Bonchev–Trinajstić information content (AvgIpc) is 2.39. The van der Waals surface area contributed by atoms with Crippen LogP contribution in [0.5, 0.6) is 23.0 Å². The first-order chi connectivity index (χ1) is 10.3. The van der Waals surface area contributed by atoms with Crippen molar-refractivity contribution >= 4 is 96.5 Å². The number of carboxylic acid groups (broad SMARTS) is 1. The molecule has 0 fully saturated rings. The molecule has 0 heterocycles. The van der Waals surface area contributed by atoms with E-state index in [4.69, 9.17) is 9.84 Å². The van der Waals surface area contributed by atoms with Crippen LogP contribution in [0.15, 0.2) is 24.3 Å². The summed E-state index contributed by atoms with van der Waals surface area (Å²) in [6, 6.07) is 6.63. The number of hydrogen-bond donors (Lipinski definition) is 2. The molecule has 5 nitrogen and oxygen atoms in total. The Kier molecular flexibility index (Phi) is 6.64. The maximum atomic E-state index is 10.6. The van der Waals surface area contributed by atoms with Crippen molar-refractivity contribution < 1.29 is 24.5 Å². The predicted octanol–water partition coefficient (Wildman–Crippen LogP) is 5.66. The molecular weight excluding hydrogens is 744 g/mol. The Morgan fingerprint density at radius 2 is 1.32 bits per heavy atom. The van der Waals surface area contributed by atoms with Crippen LogP contribution in [-0.4, -0.2) is 16.4 Å². The standard InChI is InChI=1S/C13H6I4O5/c14-7-1-5(2-8(15)11(7)18)21-12-9(16)3-6(4-10(12)17)22-13(19)20/h1-4,18H,(H,19,20). The number of hydrogen-bond acceptors (Lipinski definition) is 4. The molecule has 0 unspecified atom stereocenters. The van der Waals surface area contributed by atoms with Gasteiger partial charge < -0.3 is 19.7 Å². The van der Waals surface area contributed by atoms with Crippen molar-refractivity contribution in [2.75, 3.05) is 0 Å². The molecule has 2 N–H and O–H groups in total. The number of carbonyl (C=O) groups is 1. The molecule has 0 spiro atoms. The van der Waals surface area contributed by atoms with E-state index in [2.05, 4.69) is 49.9 Å². The van der Waals surface area contributed by atoms with E-state index in [1.54, 1.807) is 24.3 Å². The number of halogens is 4. The molecule has 2 rings (SSSR count). The van der Waals surface area contributed by atoms with Crippen LogP contribution < -0.4 is 9.47 Å². The summed E-state index contributed by atoms with van der Waals surface area (Å²) in [5.41, 5.74) is 0. The molecule has 2 aromatic rings. The first kappa shape index (κ1) is 18.6. The molecule has 0 amide bonds. The van der Waals surface area contributed by atoms with Crippen molar-refractivity contribution in [1.29, 1.82) is 0 Å². The van der Waals surface area contributed by atoms with E-state index in [0.717, 1.165) is 7.14 Å². The van der Waals surface area contributed by atoms with Gasteiger partial charge in [-0.15, -0.1) is 0 Å². The number of aromatic hydroxyl groups is 1. The highest BCUT2D eigenvalue weighted by atomic mass is 127. The summed E-state index contributed by atoms with van der Waals surface area (Å²) in [4.78, 5) is 10.6. The van der Waals surface area contributed by atoms with Gasteiger partial charge in [0, 0.05) is 0 Å². The summed E-state index contributed by atoms with van der Waals surface area (Å²) in [6.45, 7) is 0.